The summed E-state index contributed by atoms with van der Waals surface area (Å²) in [5, 5.41) is 4.24. The molecule has 0 amide bonds. The van der Waals surface area contributed by atoms with Gasteiger partial charge >= 0.3 is 0 Å². The number of rotatable bonds is 5. The van der Waals surface area contributed by atoms with Crippen molar-refractivity contribution in [2.24, 2.45) is 7.05 Å². The van der Waals surface area contributed by atoms with Crippen LogP contribution in [-0.2, 0) is 29.7 Å². The molecule has 2 aliphatic rings. The van der Waals surface area contributed by atoms with Crippen LogP contribution in [0.1, 0.15) is 29.5 Å². The molecule has 134 valence electrons. The summed E-state index contributed by atoms with van der Waals surface area (Å²) in [5.74, 6) is 0. The first-order valence-electron chi connectivity index (χ1n) is 8.96. The van der Waals surface area contributed by atoms with Crippen LogP contribution in [0.4, 0.5) is 0 Å². The number of aryl methyl sites for hydroxylation is 2. The fourth-order valence-electron chi connectivity index (χ4n) is 3.95. The molecular weight excluding hydrogens is 316 g/mol. The van der Waals surface area contributed by atoms with Gasteiger partial charge in [-0.1, -0.05) is 6.07 Å². The summed E-state index contributed by atoms with van der Waals surface area (Å²) in [6.07, 6.45) is 10.0. The molecule has 2 saturated heterocycles. The second-order valence-corrected chi connectivity index (χ2v) is 7.50. The number of nitrogens with zero attached hydrogens (tertiary/aromatic N) is 4. The molecule has 0 radical (unpaired) electrons. The molecule has 6 heteroatoms. The third kappa shape index (κ3) is 3.92. The molecule has 4 rings (SSSR count). The van der Waals surface area contributed by atoms with Gasteiger partial charge in [0.05, 0.1) is 24.5 Å². The Balaban J connectivity index is 1.27. The van der Waals surface area contributed by atoms with E-state index in [4.69, 9.17) is 9.47 Å². The number of pyridine rings is 1. The predicted octanol–water partition coefficient (Wildman–Crippen LogP) is 2.07. The lowest BCUT2D eigenvalue weighted by molar-refractivity contribution is -0.200. The molecule has 0 bridgehead atoms. The van der Waals surface area contributed by atoms with Gasteiger partial charge in [0.2, 0.25) is 0 Å². The Kier molecular flexibility index (Phi) is 4.58. The van der Waals surface area contributed by atoms with Gasteiger partial charge in [-0.05, 0) is 24.5 Å². The molecule has 0 aromatic carbocycles. The molecule has 1 spiro atoms. The summed E-state index contributed by atoms with van der Waals surface area (Å²) in [6.45, 7) is 6.39. The van der Waals surface area contributed by atoms with E-state index >= 15 is 0 Å². The van der Waals surface area contributed by atoms with Crippen LogP contribution < -0.4 is 0 Å². The van der Waals surface area contributed by atoms with Crippen molar-refractivity contribution < 1.29 is 9.47 Å². The van der Waals surface area contributed by atoms with Crippen molar-refractivity contribution >= 4 is 0 Å². The molecule has 0 N–H and O–H groups in total. The smallest absolute Gasteiger partial charge is 0.0959 e. The molecule has 4 heterocycles. The second kappa shape index (κ2) is 6.86. The van der Waals surface area contributed by atoms with Crippen LogP contribution in [0, 0.1) is 6.92 Å². The first-order valence-corrected chi connectivity index (χ1v) is 8.96. The monoisotopic (exact) mass is 342 g/mol. The van der Waals surface area contributed by atoms with Crippen molar-refractivity contribution in [3.05, 3.63) is 47.5 Å². The van der Waals surface area contributed by atoms with Crippen LogP contribution in [-0.4, -0.2) is 51.1 Å². The molecule has 1 atom stereocenters. The summed E-state index contributed by atoms with van der Waals surface area (Å²) in [4.78, 5) is 6.66. The molecule has 6 nitrogen and oxygen atoms in total. The standard InChI is InChI=1S/C19H26N4O2/c1-15-5-16(8-20-7-15)12-24-18-3-4-25-19(6-18)13-23(14-19)11-17-9-21-22(2)10-17/h5,7-10,18H,3-4,6,11-14H2,1-2H3/t18-/m0/s1. The van der Waals surface area contributed by atoms with Crippen molar-refractivity contribution in [1.82, 2.24) is 19.7 Å². The lowest BCUT2D eigenvalue weighted by Gasteiger charge is -2.53. The third-order valence-electron chi connectivity index (χ3n) is 5.05. The fraction of sp³-hybridized carbons (Fsp3) is 0.579. The molecular formula is C19H26N4O2. The number of hydrogen-bond donors (Lipinski definition) is 0. The van der Waals surface area contributed by atoms with E-state index in [0.29, 0.717) is 6.61 Å². The molecule has 0 unspecified atom stereocenters. The van der Waals surface area contributed by atoms with Gasteiger partial charge in [0.15, 0.2) is 0 Å². The van der Waals surface area contributed by atoms with E-state index in [0.717, 1.165) is 44.6 Å². The van der Waals surface area contributed by atoms with Crippen molar-refractivity contribution in [3.63, 3.8) is 0 Å². The molecule has 2 aromatic rings. The predicted molar refractivity (Wildman–Crippen MR) is 94.0 cm³/mol. The number of likely N-dealkylation sites (tertiary alicyclic amines) is 1. The lowest BCUT2D eigenvalue weighted by atomic mass is 9.84. The van der Waals surface area contributed by atoms with Gasteiger partial charge in [-0.25, -0.2) is 0 Å². The zero-order valence-electron chi connectivity index (χ0n) is 15.0. The number of aromatic nitrogens is 3. The highest BCUT2D eigenvalue weighted by atomic mass is 16.5. The highest BCUT2D eigenvalue weighted by molar-refractivity contribution is 5.15. The first-order chi connectivity index (χ1) is 12.1. The van der Waals surface area contributed by atoms with Crippen molar-refractivity contribution in [2.45, 2.75) is 44.6 Å². The minimum Gasteiger partial charge on any atom is -0.373 e. The van der Waals surface area contributed by atoms with Crippen LogP contribution >= 0.6 is 0 Å². The molecule has 2 aliphatic heterocycles. The average Bonchev–Trinajstić information content (AvgIpc) is 2.97. The van der Waals surface area contributed by atoms with Crippen LogP contribution in [0.2, 0.25) is 0 Å². The normalized spacial score (nSPS) is 22.9. The van der Waals surface area contributed by atoms with E-state index in [1.165, 1.54) is 11.1 Å². The van der Waals surface area contributed by atoms with Crippen LogP contribution in [0.3, 0.4) is 0 Å². The van der Waals surface area contributed by atoms with Gasteiger partial charge in [-0.15, -0.1) is 0 Å². The molecule has 0 aliphatic carbocycles. The minimum atomic E-state index is -0.0179. The van der Waals surface area contributed by atoms with Gasteiger partial charge in [-0.3, -0.25) is 14.6 Å². The summed E-state index contributed by atoms with van der Waals surface area (Å²) < 4.78 is 14.1. The first kappa shape index (κ1) is 16.7. The SMILES string of the molecule is Cc1cncc(CO[C@H]2CCOC3(C2)CN(Cc2cnn(C)c2)C3)c1. The van der Waals surface area contributed by atoms with Gasteiger partial charge in [0.25, 0.3) is 0 Å². The quantitative estimate of drug-likeness (QED) is 0.833. The van der Waals surface area contributed by atoms with Gasteiger partial charge in [0, 0.05) is 63.9 Å². The summed E-state index contributed by atoms with van der Waals surface area (Å²) in [7, 11) is 1.96. The molecule has 2 aromatic heterocycles. The Hall–Kier alpha value is -1.76. The minimum absolute atomic E-state index is 0.0179. The Bertz CT molecular complexity index is 724. The lowest BCUT2D eigenvalue weighted by Crippen LogP contribution is -2.65. The summed E-state index contributed by atoms with van der Waals surface area (Å²) in [6, 6.07) is 2.14. The van der Waals surface area contributed by atoms with E-state index in [9.17, 15) is 0 Å². The van der Waals surface area contributed by atoms with Crippen LogP contribution in [0.15, 0.2) is 30.9 Å². The van der Waals surface area contributed by atoms with Crippen molar-refractivity contribution in [2.75, 3.05) is 19.7 Å². The number of ether oxygens (including phenoxy) is 2. The van der Waals surface area contributed by atoms with Crippen LogP contribution in [0.25, 0.3) is 0 Å². The molecule has 2 fully saturated rings. The maximum absolute atomic E-state index is 6.16. The topological polar surface area (TPSA) is 52.4 Å². The summed E-state index contributed by atoms with van der Waals surface area (Å²) >= 11 is 0. The zero-order valence-corrected chi connectivity index (χ0v) is 15.0. The largest absolute Gasteiger partial charge is 0.373 e. The molecule has 25 heavy (non-hydrogen) atoms. The van der Waals surface area contributed by atoms with Crippen molar-refractivity contribution in [1.29, 1.82) is 0 Å². The van der Waals surface area contributed by atoms with E-state index in [-0.39, 0.29) is 11.7 Å². The van der Waals surface area contributed by atoms with E-state index in [2.05, 4.69) is 34.2 Å². The van der Waals surface area contributed by atoms with E-state index < -0.39 is 0 Å². The van der Waals surface area contributed by atoms with Gasteiger partial charge < -0.3 is 9.47 Å². The Labute approximate surface area is 148 Å². The number of hydrogen-bond acceptors (Lipinski definition) is 5. The van der Waals surface area contributed by atoms with Crippen LogP contribution in [0.5, 0.6) is 0 Å². The summed E-state index contributed by atoms with van der Waals surface area (Å²) in [5.41, 5.74) is 3.56. The van der Waals surface area contributed by atoms with E-state index in [1.54, 1.807) is 0 Å². The van der Waals surface area contributed by atoms with Gasteiger partial charge in [-0.2, -0.15) is 5.10 Å². The Morgan fingerprint density at radius 1 is 1.28 bits per heavy atom. The molecule has 0 saturated carbocycles. The average molecular weight is 342 g/mol. The zero-order chi connectivity index (χ0) is 17.3. The van der Waals surface area contributed by atoms with Crippen molar-refractivity contribution in [3.8, 4) is 0 Å². The van der Waals surface area contributed by atoms with E-state index in [1.807, 2.05) is 30.3 Å². The second-order valence-electron chi connectivity index (χ2n) is 7.50. The third-order valence-corrected chi connectivity index (χ3v) is 5.05. The highest BCUT2D eigenvalue weighted by Gasteiger charge is 2.47. The maximum Gasteiger partial charge on any atom is 0.0959 e. The Morgan fingerprint density at radius 2 is 2.16 bits per heavy atom. The maximum atomic E-state index is 6.16. The fourth-order valence-corrected chi connectivity index (χ4v) is 3.95. The van der Waals surface area contributed by atoms with Gasteiger partial charge in [0.1, 0.15) is 0 Å². The Morgan fingerprint density at radius 3 is 2.92 bits per heavy atom. The highest BCUT2D eigenvalue weighted by Crippen LogP contribution is 2.36.